The molecule has 2 aromatic carbocycles. The summed E-state index contributed by atoms with van der Waals surface area (Å²) in [5.74, 6) is 1.89. The van der Waals surface area contributed by atoms with Crippen molar-refractivity contribution in [1.82, 2.24) is 19.8 Å². The van der Waals surface area contributed by atoms with E-state index in [0.717, 1.165) is 24.5 Å². The van der Waals surface area contributed by atoms with Gasteiger partial charge in [-0.25, -0.2) is 0 Å². The molecule has 0 saturated carbocycles. The topological polar surface area (TPSA) is 34.7 Å². The minimum atomic E-state index is 0. The van der Waals surface area contributed by atoms with E-state index in [9.17, 15) is 0 Å². The van der Waals surface area contributed by atoms with Gasteiger partial charge in [0.2, 0.25) is 0 Å². The van der Waals surface area contributed by atoms with Gasteiger partial charge in [-0.1, -0.05) is 116 Å². The molecule has 0 unspecified atom stereocenters. The summed E-state index contributed by atoms with van der Waals surface area (Å²) in [6, 6.07) is 23.9. The summed E-state index contributed by atoms with van der Waals surface area (Å²) in [5.41, 5.74) is 13.1. The molecule has 0 bridgehead atoms. The molecule has 2 aromatic heterocycles. The predicted molar refractivity (Wildman–Crippen MR) is 206 cm³/mol. The number of aromatic nitrogens is 2. The van der Waals surface area contributed by atoms with E-state index in [-0.39, 0.29) is 40.7 Å². The predicted octanol–water partition coefficient (Wildman–Crippen LogP) is 11.0. The summed E-state index contributed by atoms with van der Waals surface area (Å²) in [6.45, 7) is 22.6. The molecule has 2 aliphatic heterocycles. The van der Waals surface area contributed by atoms with Gasteiger partial charge >= 0.3 is 25.8 Å². The van der Waals surface area contributed by atoms with E-state index in [4.69, 9.17) is 9.97 Å². The molecule has 49 heavy (non-hydrogen) atoms. The van der Waals surface area contributed by atoms with Gasteiger partial charge < -0.3 is 24.8 Å². The van der Waals surface area contributed by atoms with Crippen molar-refractivity contribution in [1.29, 1.82) is 0 Å². The molecular weight excluding hydrogens is 763 g/mol. The van der Waals surface area contributed by atoms with Gasteiger partial charge in [-0.2, -0.15) is 0 Å². The zero-order valence-corrected chi connectivity index (χ0v) is 35.8. The third kappa shape index (κ3) is 8.82. The Hall–Kier alpha value is -2.21. The van der Waals surface area contributed by atoms with Gasteiger partial charge in [-0.05, 0) is 95.8 Å². The Kier molecular flexibility index (Phi) is 15.0. The minimum Gasteiger partial charge on any atom is -0.660 e. The first-order chi connectivity index (χ1) is 22.1. The molecule has 0 N–H and O–H groups in total. The van der Waals surface area contributed by atoms with E-state index in [1.165, 1.54) is 83.5 Å². The quantitative estimate of drug-likeness (QED) is 0.111. The molecule has 5 heteroatoms. The first-order valence-electron chi connectivity index (χ1n) is 18.1. The van der Waals surface area contributed by atoms with Crippen LogP contribution in [0.4, 0.5) is 0 Å². The molecule has 0 radical (unpaired) electrons. The summed E-state index contributed by atoms with van der Waals surface area (Å²) < 4.78 is 0. The van der Waals surface area contributed by atoms with E-state index in [1.54, 1.807) is 0 Å². The van der Waals surface area contributed by atoms with Crippen LogP contribution in [0.25, 0.3) is 22.5 Å². The maximum Gasteiger partial charge on any atom is 4.00 e. The van der Waals surface area contributed by atoms with Crippen molar-refractivity contribution in [3.8, 4) is 22.5 Å². The molecule has 0 spiro atoms. The van der Waals surface area contributed by atoms with E-state index < -0.39 is 0 Å². The van der Waals surface area contributed by atoms with Crippen molar-refractivity contribution >= 4 is 0 Å². The average Bonchev–Trinajstić information content (AvgIpc) is 3.85. The van der Waals surface area contributed by atoms with Gasteiger partial charge in [0.15, 0.2) is 0 Å². The Labute approximate surface area is 318 Å². The molecule has 4 heterocycles. The summed E-state index contributed by atoms with van der Waals surface area (Å²) in [7, 11) is 0. The van der Waals surface area contributed by atoms with Crippen molar-refractivity contribution in [3.63, 3.8) is 0 Å². The summed E-state index contributed by atoms with van der Waals surface area (Å²) in [5, 5.41) is 0. The first-order valence-corrected chi connectivity index (χ1v) is 18.1. The zero-order valence-electron chi connectivity index (χ0n) is 32.2. The van der Waals surface area contributed by atoms with E-state index in [1.807, 2.05) is 0 Å². The summed E-state index contributed by atoms with van der Waals surface area (Å²) in [6.07, 6.45) is 5.11. The Morgan fingerprint density at radius 1 is 0.531 bits per heavy atom. The molecule has 2 atom stereocenters. The zero-order chi connectivity index (χ0) is 32.5. The van der Waals surface area contributed by atoms with Gasteiger partial charge in [0.1, 0.15) is 0 Å². The number of rotatable bonds is 11. The van der Waals surface area contributed by atoms with Gasteiger partial charge in [0, 0.05) is 25.2 Å². The molecule has 4 nitrogen and oxygen atoms in total. The fraction of sp³-hybridized carbons (Fsp3) is 0.500. The average molecular weight is 825 g/mol. The Morgan fingerprint density at radius 3 is 1.16 bits per heavy atom. The number of likely N-dealkylation sites (tertiary alicyclic amines) is 2. The number of hydrogen-bond donors (Lipinski definition) is 0. The molecule has 0 amide bonds. The standard InChI is InChI=1S/C42H56N4.2CH3.Hf/c1-27(2)33-13-9-14-34(28(3)4)41(33)37-21-19-31(43-37)25-45-23-11-17-39(45)40-18-12-24-46(40)26-32-20-22-38(44-32)42-35(29(5)6)15-10-16-36(42)30(7)8;;;/h9-10,13-16,19-22,27-30,39-40H,11-12,17-18,23-26H2,1-8H3;2*1H3;/q-2;2*-1;+4/t39-,40-;;;/m0.../s1. The van der Waals surface area contributed by atoms with Crippen LogP contribution in [0.1, 0.15) is 138 Å². The second-order valence-corrected chi connectivity index (χ2v) is 15.2. The third-order valence-corrected chi connectivity index (χ3v) is 10.7. The van der Waals surface area contributed by atoms with Crippen LogP contribution in [-0.2, 0) is 38.9 Å². The van der Waals surface area contributed by atoms with Crippen LogP contribution in [0.2, 0.25) is 0 Å². The Morgan fingerprint density at radius 2 is 0.857 bits per heavy atom. The largest absolute Gasteiger partial charge is 4.00 e. The SMILES string of the molecule is CC(C)c1cccc(C(C)C)c1-c1ccc(CN2CCC[C@H]2[C@@H]2CCCN2Cc2ccc(-c3c(C(C)C)cccc3C(C)C)[n-]2)[n-]1.[CH3-].[CH3-].[Hf+4]. The molecule has 0 aliphatic carbocycles. The molecule has 2 saturated heterocycles. The maximum absolute atomic E-state index is 5.28. The molecule has 262 valence electrons. The van der Waals surface area contributed by atoms with Crippen molar-refractivity contribution in [3.05, 3.63) is 109 Å². The van der Waals surface area contributed by atoms with Gasteiger partial charge in [0.25, 0.3) is 0 Å². The van der Waals surface area contributed by atoms with Crippen LogP contribution < -0.4 is 9.97 Å². The van der Waals surface area contributed by atoms with Crippen LogP contribution in [0.15, 0.2) is 60.7 Å². The Bertz CT molecular complexity index is 1440. The van der Waals surface area contributed by atoms with Crippen molar-refractivity contribution in [2.45, 2.75) is 130 Å². The minimum absolute atomic E-state index is 0. The molecule has 4 aromatic rings. The summed E-state index contributed by atoms with van der Waals surface area (Å²) >= 11 is 0. The van der Waals surface area contributed by atoms with E-state index in [0.29, 0.717) is 35.8 Å². The van der Waals surface area contributed by atoms with Crippen LogP contribution >= 0.6 is 0 Å². The number of benzene rings is 2. The first kappa shape index (κ1) is 41.2. The fourth-order valence-electron chi connectivity index (χ4n) is 8.34. The number of nitrogens with zero attached hydrogens (tertiary/aromatic N) is 4. The molecule has 2 aliphatic rings. The summed E-state index contributed by atoms with van der Waals surface area (Å²) in [4.78, 5) is 16.0. The van der Waals surface area contributed by atoms with Gasteiger partial charge in [-0.15, -0.1) is 22.8 Å². The number of hydrogen-bond acceptors (Lipinski definition) is 2. The monoisotopic (exact) mass is 826 g/mol. The van der Waals surface area contributed by atoms with Crippen LogP contribution in [0.3, 0.4) is 0 Å². The maximum atomic E-state index is 5.28. The van der Waals surface area contributed by atoms with Gasteiger partial charge in [0.05, 0.1) is 0 Å². The van der Waals surface area contributed by atoms with Crippen molar-refractivity contribution < 1.29 is 25.8 Å². The smallest absolute Gasteiger partial charge is 0.660 e. The van der Waals surface area contributed by atoms with Crippen LogP contribution in [0, 0.1) is 14.9 Å². The fourth-order valence-corrected chi connectivity index (χ4v) is 8.34. The third-order valence-electron chi connectivity index (χ3n) is 10.7. The normalized spacial score (nSPS) is 18.4. The van der Waals surface area contributed by atoms with Gasteiger partial charge in [-0.3, -0.25) is 9.80 Å². The van der Waals surface area contributed by atoms with Crippen LogP contribution in [-0.4, -0.2) is 35.0 Å². The van der Waals surface area contributed by atoms with E-state index >= 15 is 0 Å². The Balaban J connectivity index is 0.00000217. The van der Waals surface area contributed by atoms with Crippen molar-refractivity contribution in [2.75, 3.05) is 13.1 Å². The van der Waals surface area contributed by atoms with Crippen LogP contribution in [0.5, 0.6) is 0 Å². The van der Waals surface area contributed by atoms with Crippen molar-refractivity contribution in [2.24, 2.45) is 0 Å². The van der Waals surface area contributed by atoms with E-state index in [2.05, 4.69) is 126 Å². The molecule has 6 rings (SSSR count). The molecular formula is C44H62HfN4. The molecule has 2 fully saturated rings. The second-order valence-electron chi connectivity index (χ2n) is 15.2. The second kappa shape index (κ2) is 17.8.